The quantitative estimate of drug-likeness (QED) is 0.732. The Morgan fingerprint density at radius 1 is 1.07 bits per heavy atom. The molecule has 0 spiro atoms. The molecule has 0 amide bonds. The molecule has 0 aromatic rings. The van der Waals surface area contributed by atoms with E-state index >= 15 is 0 Å². The molecule has 0 rings (SSSR count). The minimum Gasteiger partial charge on any atom is -0.313 e. The van der Waals surface area contributed by atoms with Crippen LogP contribution in [0.5, 0.6) is 0 Å². The number of hydrogen-bond donors (Lipinski definition) is 1. The van der Waals surface area contributed by atoms with Crippen LogP contribution >= 0.6 is 0 Å². The van der Waals surface area contributed by atoms with Crippen molar-refractivity contribution in [2.75, 3.05) is 6.54 Å². The standard InChI is InChI=1S/C12H27NOS/c1-7-12(13-8-2)11(6)15(14)10(5)9(3)4/h9-13H,7-8H2,1-6H3. The maximum Gasteiger partial charge on any atom is 0.0475 e. The third kappa shape index (κ3) is 4.64. The highest BCUT2D eigenvalue weighted by Crippen LogP contribution is 2.16. The first kappa shape index (κ1) is 15.1. The summed E-state index contributed by atoms with van der Waals surface area (Å²) in [5, 5.41) is 3.94. The second-order valence-electron chi connectivity index (χ2n) is 4.56. The van der Waals surface area contributed by atoms with Gasteiger partial charge in [0, 0.05) is 27.3 Å². The van der Waals surface area contributed by atoms with Gasteiger partial charge in [0.15, 0.2) is 0 Å². The Balaban J connectivity index is 4.39. The molecule has 0 saturated heterocycles. The van der Waals surface area contributed by atoms with Crippen LogP contribution in [0.15, 0.2) is 0 Å². The van der Waals surface area contributed by atoms with Crippen molar-refractivity contribution < 1.29 is 4.21 Å². The largest absolute Gasteiger partial charge is 0.313 e. The molecule has 0 aromatic carbocycles. The summed E-state index contributed by atoms with van der Waals surface area (Å²) in [4.78, 5) is 0. The van der Waals surface area contributed by atoms with E-state index in [0.29, 0.717) is 12.0 Å². The Morgan fingerprint density at radius 2 is 1.60 bits per heavy atom. The SMILES string of the molecule is CCNC(CC)C(C)S(=O)C(C)C(C)C. The van der Waals surface area contributed by atoms with Crippen molar-refractivity contribution in [1.29, 1.82) is 0 Å². The summed E-state index contributed by atoms with van der Waals surface area (Å²) in [6, 6.07) is 0.386. The van der Waals surface area contributed by atoms with Crippen molar-refractivity contribution in [2.45, 2.75) is 64.5 Å². The number of rotatable bonds is 7. The average molecular weight is 233 g/mol. The molecule has 0 aliphatic rings. The van der Waals surface area contributed by atoms with Gasteiger partial charge in [-0.1, -0.05) is 34.6 Å². The molecular weight excluding hydrogens is 206 g/mol. The summed E-state index contributed by atoms with van der Waals surface area (Å²) in [6.07, 6.45) is 1.05. The smallest absolute Gasteiger partial charge is 0.0475 e. The molecule has 15 heavy (non-hydrogen) atoms. The van der Waals surface area contributed by atoms with E-state index < -0.39 is 10.8 Å². The van der Waals surface area contributed by atoms with E-state index in [-0.39, 0.29) is 10.5 Å². The number of hydrogen-bond acceptors (Lipinski definition) is 2. The fourth-order valence-electron chi connectivity index (χ4n) is 1.67. The summed E-state index contributed by atoms with van der Waals surface area (Å²) in [5.74, 6) is 0.493. The van der Waals surface area contributed by atoms with Crippen molar-refractivity contribution >= 4 is 10.8 Å². The van der Waals surface area contributed by atoms with Gasteiger partial charge in [-0.3, -0.25) is 4.21 Å². The molecule has 1 N–H and O–H groups in total. The summed E-state index contributed by atoms with van der Waals surface area (Å²) in [7, 11) is -0.734. The Bertz CT molecular complexity index is 194. The molecule has 0 bridgehead atoms. The molecule has 0 aliphatic carbocycles. The lowest BCUT2D eigenvalue weighted by atomic mass is 10.1. The zero-order valence-electron chi connectivity index (χ0n) is 11.0. The first-order valence-electron chi connectivity index (χ1n) is 6.08. The van der Waals surface area contributed by atoms with Crippen LogP contribution in [-0.4, -0.2) is 27.3 Å². The molecule has 92 valence electrons. The second-order valence-corrected chi connectivity index (χ2v) is 6.70. The Hall–Kier alpha value is 0.110. The molecule has 3 heteroatoms. The highest BCUT2D eigenvalue weighted by Gasteiger charge is 2.25. The zero-order valence-corrected chi connectivity index (χ0v) is 11.9. The third-order valence-corrected chi connectivity index (χ3v) is 5.48. The van der Waals surface area contributed by atoms with Crippen molar-refractivity contribution in [1.82, 2.24) is 5.32 Å². The highest BCUT2D eigenvalue weighted by atomic mass is 32.2. The molecule has 0 fully saturated rings. The van der Waals surface area contributed by atoms with Gasteiger partial charge in [-0.2, -0.15) is 0 Å². The second kappa shape index (κ2) is 7.39. The fraction of sp³-hybridized carbons (Fsp3) is 1.00. The van der Waals surface area contributed by atoms with Crippen LogP contribution in [0, 0.1) is 5.92 Å². The molecule has 2 nitrogen and oxygen atoms in total. The van der Waals surface area contributed by atoms with Crippen molar-refractivity contribution in [3.8, 4) is 0 Å². The van der Waals surface area contributed by atoms with E-state index in [1.807, 2.05) is 0 Å². The molecule has 0 radical (unpaired) electrons. The van der Waals surface area contributed by atoms with Crippen molar-refractivity contribution in [2.24, 2.45) is 5.92 Å². The van der Waals surface area contributed by atoms with Crippen LogP contribution in [-0.2, 0) is 10.8 Å². The summed E-state index contributed by atoms with van der Waals surface area (Å²) in [6.45, 7) is 13.7. The van der Waals surface area contributed by atoms with Gasteiger partial charge in [0.25, 0.3) is 0 Å². The first-order chi connectivity index (χ1) is 6.95. The van der Waals surface area contributed by atoms with Gasteiger partial charge >= 0.3 is 0 Å². The summed E-state index contributed by atoms with van der Waals surface area (Å²) in [5.41, 5.74) is 0. The Morgan fingerprint density at radius 3 is 1.93 bits per heavy atom. The molecule has 0 aromatic heterocycles. The van der Waals surface area contributed by atoms with Crippen LogP contribution in [0.25, 0.3) is 0 Å². The van der Waals surface area contributed by atoms with Crippen LogP contribution in [0.2, 0.25) is 0 Å². The summed E-state index contributed by atoms with van der Waals surface area (Å²) < 4.78 is 12.2. The van der Waals surface area contributed by atoms with Crippen molar-refractivity contribution in [3.63, 3.8) is 0 Å². The first-order valence-corrected chi connectivity index (χ1v) is 7.35. The van der Waals surface area contributed by atoms with E-state index in [9.17, 15) is 4.21 Å². The molecule has 4 unspecified atom stereocenters. The maximum absolute atomic E-state index is 12.2. The van der Waals surface area contributed by atoms with Gasteiger partial charge in [0.05, 0.1) is 0 Å². The highest BCUT2D eigenvalue weighted by molar-refractivity contribution is 7.86. The lowest BCUT2D eigenvalue weighted by molar-refractivity contribution is 0.493. The minimum atomic E-state index is -0.734. The maximum atomic E-state index is 12.2. The Labute approximate surface area is 97.7 Å². The van der Waals surface area contributed by atoms with E-state index in [1.54, 1.807) is 0 Å². The van der Waals surface area contributed by atoms with Gasteiger partial charge < -0.3 is 5.32 Å². The molecular formula is C12H27NOS. The van der Waals surface area contributed by atoms with Gasteiger partial charge in [-0.25, -0.2) is 0 Å². The molecule has 0 heterocycles. The summed E-state index contributed by atoms with van der Waals surface area (Å²) >= 11 is 0. The van der Waals surface area contributed by atoms with E-state index in [2.05, 4.69) is 46.9 Å². The van der Waals surface area contributed by atoms with E-state index in [1.165, 1.54) is 0 Å². The van der Waals surface area contributed by atoms with Crippen LogP contribution in [0.1, 0.15) is 48.0 Å². The molecule has 0 aliphatic heterocycles. The average Bonchev–Trinajstić information content (AvgIpc) is 2.22. The van der Waals surface area contributed by atoms with E-state index in [4.69, 9.17) is 0 Å². The topological polar surface area (TPSA) is 29.1 Å². The van der Waals surface area contributed by atoms with Crippen molar-refractivity contribution in [3.05, 3.63) is 0 Å². The zero-order chi connectivity index (χ0) is 12.0. The molecule has 4 atom stereocenters. The monoisotopic (exact) mass is 233 g/mol. The lowest BCUT2D eigenvalue weighted by Gasteiger charge is -2.27. The van der Waals surface area contributed by atoms with E-state index in [0.717, 1.165) is 13.0 Å². The lowest BCUT2D eigenvalue weighted by Crippen LogP contribution is -2.42. The normalized spacial score (nSPS) is 19.9. The van der Waals surface area contributed by atoms with Crippen LogP contribution in [0.3, 0.4) is 0 Å². The third-order valence-electron chi connectivity index (χ3n) is 3.14. The molecule has 0 saturated carbocycles. The van der Waals surface area contributed by atoms with Gasteiger partial charge in [-0.05, 0) is 25.8 Å². The van der Waals surface area contributed by atoms with Gasteiger partial charge in [0.2, 0.25) is 0 Å². The predicted octanol–water partition coefficient (Wildman–Crippen LogP) is 2.56. The predicted molar refractivity (Wildman–Crippen MR) is 69.7 cm³/mol. The number of nitrogens with one attached hydrogen (secondary N) is 1. The fourth-order valence-corrected chi connectivity index (χ4v) is 3.50. The Kier molecular flexibility index (Phi) is 7.45. The minimum absolute atomic E-state index is 0.243. The van der Waals surface area contributed by atoms with Gasteiger partial charge in [-0.15, -0.1) is 0 Å². The van der Waals surface area contributed by atoms with Crippen LogP contribution < -0.4 is 5.32 Å². The van der Waals surface area contributed by atoms with Gasteiger partial charge in [0.1, 0.15) is 0 Å². The van der Waals surface area contributed by atoms with Crippen LogP contribution in [0.4, 0.5) is 0 Å².